The third kappa shape index (κ3) is 4.54. The number of aromatic nitrogens is 4. The first-order valence-electron chi connectivity index (χ1n) is 10.5. The zero-order chi connectivity index (χ0) is 22.4. The van der Waals surface area contributed by atoms with E-state index >= 15 is 0 Å². The molecule has 0 aliphatic carbocycles. The Kier molecular flexibility index (Phi) is 5.21. The lowest BCUT2D eigenvalue weighted by molar-refractivity contribution is -0.154. The van der Waals surface area contributed by atoms with Gasteiger partial charge in [-0.15, -0.1) is 0 Å². The minimum Gasteiger partial charge on any atom is -0.460 e. The fraction of sp³-hybridized carbons (Fsp3) is 0.478. The predicted octanol–water partition coefficient (Wildman–Crippen LogP) is 3.51. The zero-order valence-electron chi connectivity index (χ0n) is 18.6. The maximum Gasteiger partial charge on any atom is 0.306 e. The molecule has 1 aliphatic heterocycles. The van der Waals surface area contributed by atoms with Crippen molar-refractivity contribution < 1.29 is 14.3 Å². The fourth-order valence-electron chi connectivity index (χ4n) is 3.77. The molecule has 1 aliphatic rings. The van der Waals surface area contributed by atoms with Gasteiger partial charge in [-0.3, -0.25) is 14.7 Å². The Morgan fingerprint density at radius 3 is 2.77 bits per heavy atom. The van der Waals surface area contributed by atoms with Crippen LogP contribution in [0.3, 0.4) is 0 Å². The lowest BCUT2D eigenvalue weighted by Crippen LogP contribution is -2.23. The van der Waals surface area contributed by atoms with Gasteiger partial charge in [-0.05, 0) is 64.7 Å². The van der Waals surface area contributed by atoms with Crippen LogP contribution in [0.2, 0.25) is 0 Å². The summed E-state index contributed by atoms with van der Waals surface area (Å²) >= 11 is 0. The van der Waals surface area contributed by atoms with Gasteiger partial charge < -0.3 is 9.47 Å². The average Bonchev–Trinajstić information content (AvgIpc) is 3.21. The summed E-state index contributed by atoms with van der Waals surface area (Å²) in [7, 11) is 0. The number of hydrogen-bond acceptors (Lipinski definition) is 6. The van der Waals surface area contributed by atoms with Gasteiger partial charge in [0, 0.05) is 18.1 Å². The molecule has 0 saturated carbocycles. The first-order valence-corrected chi connectivity index (χ1v) is 10.5. The zero-order valence-corrected chi connectivity index (χ0v) is 18.6. The molecule has 1 N–H and O–H groups in total. The molecule has 0 fully saturated rings. The van der Waals surface area contributed by atoms with Crippen molar-refractivity contribution in [2.24, 2.45) is 0 Å². The number of carbonyl (C=O) groups is 1. The number of aromatic amines is 1. The van der Waals surface area contributed by atoms with Gasteiger partial charge in [0.05, 0.1) is 17.9 Å². The van der Waals surface area contributed by atoms with Gasteiger partial charge >= 0.3 is 5.97 Å². The number of nitrogens with zero attached hydrogens (tertiary/aromatic N) is 3. The number of aryl methyl sites for hydroxylation is 1. The van der Waals surface area contributed by atoms with E-state index < -0.39 is 5.60 Å². The lowest BCUT2D eigenvalue weighted by atomic mass is 9.94. The molecule has 8 nitrogen and oxygen atoms in total. The first kappa shape index (κ1) is 21.2. The number of fused-ring (bicyclic) bond motifs is 2. The highest BCUT2D eigenvalue weighted by atomic mass is 16.6. The third-order valence-electron chi connectivity index (χ3n) is 5.23. The first-order chi connectivity index (χ1) is 14.5. The Morgan fingerprint density at radius 1 is 1.26 bits per heavy atom. The van der Waals surface area contributed by atoms with Crippen LogP contribution in [0.4, 0.5) is 0 Å². The van der Waals surface area contributed by atoms with Crippen LogP contribution in [0.15, 0.2) is 29.1 Å². The molecule has 8 heteroatoms. The van der Waals surface area contributed by atoms with Crippen LogP contribution < -0.4 is 5.56 Å². The van der Waals surface area contributed by atoms with E-state index in [1.54, 1.807) is 0 Å². The fourth-order valence-corrected chi connectivity index (χ4v) is 3.77. The van der Waals surface area contributed by atoms with E-state index in [4.69, 9.17) is 9.47 Å². The summed E-state index contributed by atoms with van der Waals surface area (Å²) in [6.07, 6.45) is 1.32. The summed E-state index contributed by atoms with van der Waals surface area (Å²) in [4.78, 5) is 33.4. The second-order valence-electron chi connectivity index (χ2n) is 9.40. The minimum atomic E-state index is -0.502. The second-order valence-corrected chi connectivity index (χ2v) is 9.40. The van der Waals surface area contributed by atoms with Crippen molar-refractivity contribution in [1.29, 1.82) is 0 Å². The Balaban J connectivity index is 1.52. The van der Waals surface area contributed by atoms with E-state index in [0.29, 0.717) is 36.7 Å². The quantitative estimate of drug-likeness (QED) is 0.629. The molecule has 4 rings (SSSR count). The molecule has 2 aromatic heterocycles. The number of ether oxygens (including phenoxy) is 2. The third-order valence-corrected chi connectivity index (χ3v) is 5.23. The minimum absolute atomic E-state index is 0.235. The number of carbonyl (C=O) groups excluding carboxylic acids is 1. The van der Waals surface area contributed by atoms with Gasteiger partial charge in [0.25, 0.3) is 11.3 Å². The molecule has 0 saturated heterocycles. The van der Waals surface area contributed by atoms with E-state index in [0.717, 1.165) is 16.7 Å². The van der Waals surface area contributed by atoms with Crippen molar-refractivity contribution in [1.82, 2.24) is 19.6 Å². The van der Waals surface area contributed by atoms with Crippen LogP contribution in [-0.2, 0) is 32.9 Å². The van der Waals surface area contributed by atoms with E-state index in [-0.39, 0.29) is 23.6 Å². The van der Waals surface area contributed by atoms with Crippen LogP contribution in [-0.4, -0.2) is 31.2 Å². The van der Waals surface area contributed by atoms with Gasteiger partial charge in [-0.1, -0.05) is 12.1 Å². The van der Waals surface area contributed by atoms with Crippen molar-refractivity contribution in [2.45, 2.75) is 71.7 Å². The number of hydrogen-bond donors (Lipinski definition) is 1. The van der Waals surface area contributed by atoms with Gasteiger partial charge in [0.15, 0.2) is 5.82 Å². The van der Waals surface area contributed by atoms with Crippen molar-refractivity contribution in [3.8, 4) is 11.4 Å². The molecule has 0 atom stereocenters. The maximum absolute atomic E-state index is 12.5. The molecule has 0 amide bonds. The molecular weight excluding hydrogens is 396 g/mol. The Morgan fingerprint density at radius 2 is 2.03 bits per heavy atom. The number of H-pyrrole nitrogens is 1. The maximum atomic E-state index is 12.5. The molecule has 0 radical (unpaired) electrons. The molecule has 0 spiro atoms. The summed E-state index contributed by atoms with van der Waals surface area (Å²) in [6.45, 7) is 10.2. The number of nitrogens with one attached hydrogen (secondary N) is 1. The van der Waals surface area contributed by atoms with Crippen LogP contribution in [0, 0.1) is 0 Å². The Labute approximate surface area is 180 Å². The lowest BCUT2D eigenvalue weighted by Gasteiger charge is -2.19. The van der Waals surface area contributed by atoms with E-state index in [1.165, 1.54) is 10.6 Å². The molecule has 1 aromatic carbocycles. The highest BCUT2D eigenvalue weighted by molar-refractivity contribution is 5.69. The van der Waals surface area contributed by atoms with Crippen molar-refractivity contribution in [2.75, 3.05) is 0 Å². The van der Waals surface area contributed by atoms with E-state index in [1.807, 2.05) is 52.8 Å². The van der Waals surface area contributed by atoms with Gasteiger partial charge in [-0.2, -0.15) is 9.50 Å². The molecule has 0 bridgehead atoms. The van der Waals surface area contributed by atoms with Crippen molar-refractivity contribution >= 4 is 11.7 Å². The van der Waals surface area contributed by atoms with Crippen molar-refractivity contribution in [3.63, 3.8) is 0 Å². The molecule has 0 unspecified atom stereocenters. The summed E-state index contributed by atoms with van der Waals surface area (Å²) in [5.41, 5.74) is 2.72. The van der Waals surface area contributed by atoms with Gasteiger partial charge in [-0.25, -0.2) is 4.98 Å². The predicted molar refractivity (Wildman–Crippen MR) is 116 cm³/mol. The van der Waals surface area contributed by atoms with E-state index in [2.05, 4.69) is 15.1 Å². The van der Waals surface area contributed by atoms with Crippen LogP contribution in [0.1, 0.15) is 64.3 Å². The smallest absolute Gasteiger partial charge is 0.306 e. The summed E-state index contributed by atoms with van der Waals surface area (Å²) < 4.78 is 12.5. The second kappa shape index (κ2) is 7.60. The number of rotatable bonds is 5. The monoisotopic (exact) mass is 424 g/mol. The standard InChI is InChI=1S/C23H28N4O4/c1-22(2,3)31-19(29)8-6-7-16-12-18(28)27-21(24-16)25-20(26-27)14-9-10-17-15(11-14)13-30-23(17,4)5/h9-12H,6-8,13H2,1-5H3,(H,24,25,26). The summed E-state index contributed by atoms with van der Waals surface area (Å²) in [5.74, 6) is 0.631. The highest BCUT2D eigenvalue weighted by Crippen LogP contribution is 2.37. The summed E-state index contributed by atoms with van der Waals surface area (Å²) in [6, 6.07) is 7.53. The Hall–Kier alpha value is -3.00. The number of benzene rings is 1. The van der Waals surface area contributed by atoms with Crippen LogP contribution in [0.25, 0.3) is 17.2 Å². The van der Waals surface area contributed by atoms with Crippen LogP contribution in [0.5, 0.6) is 0 Å². The largest absolute Gasteiger partial charge is 0.460 e. The van der Waals surface area contributed by atoms with Crippen molar-refractivity contribution in [3.05, 3.63) is 51.4 Å². The molecular formula is C23H28N4O4. The molecule has 164 valence electrons. The van der Waals surface area contributed by atoms with Crippen LogP contribution >= 0.6 is 0 Å². The van der Waals surface area contributed by atoms with Gasteiger partial charge in [0.1, 0.15) is 5.60 Å². The van der Waals surface area contributed by atoms with E-state index in [9.17, 15) is 9.59 Å². The highest BCUT2D eigenvalue weighted by Gasteiger charge is 2.30. The molecule has 31 heavy (non-hydrogen) atoms. The summed E-state index contributed by atoms with van der Waals surface area (Å²) in [5, 5.41) is 3.03. The molecule has 3 heterocycles. The Bertz CT molecular complexity index is 1200. The molecule has 3 aromatic rings. The average molecular weight is 425 g/mol. The normalized spacial score (nSPS) is 15.3. The SMILES string of the molecule is CC(C)(C)OC(=O)CCCc1cc(=O)n2[nH]c(-c3ccc4c(c3)COC4(C)C)nc2n1. The topological polar surface area (TPSA) is 98.6 Å². The van der Waals surface area contributed by atoms with Gasteiger partial charge in [0.2, 0.25) is 0 Å². The number of esters is 1.